The third kappa shape index (κ3) is 4.63. The molecule has 2 aliphatic rings. The van der Waals surface area contributed by atoms with Crippen molar-refractivity contribution in [2.75, 3.05) is 0 Å². The second kappa shape index (κ2) is 12.7. The van der Waals surface area contributed by atoms with E-state index < -0.39 is 8.07 Å². The number of benzene rings is 8. The van der Waals surface area contributed by atoms with Crippen molar-refractivity contribution in [3.8, 4) is 50.6 Å². The van der Waals surface area contributed by atoms with E-state index in [1.54, 1.807) is 0 Å². The van der Waals surface area contributed by atoms with E-state index in [1.807, 2.05) is 0 Å². The zero-order chi connectivity index (χ0) is 39.3. The molecule has 0 bridgehead atoms. The molecule has 278 valence electrons. The fourth-order valence-corrected chi connectivity index (χ4v) is 15.6. The van der Waals surface area contributed by atoms with Gasteiger partial charge in [0.25, 0.3) is 0 Å². The van der Waals surface area contributed by atoms with Gasteiger partial charge in [-0.3, -0.25) is 0 Å². The van der Waals surface area contributed by atoms with Crippen LogP contribution in [0.25, 0.3) is 72.4 Å². The maximum Gasteiger partial charge on any atom is 0.203 e. The second-order valence-electron chi connectivity index (χ2n) is 16.4. The van der Waals surface area contributed by atoms with Gasteiger partial charge in [0, 0.05) is 32.9 Å². The Balaban J connectivity index is 1.22. The van der Waals surface area contributed by atoms with Gasteiger partial charge in [-0.25, -0.2) is 9.97 Å². The third-order valence-electron chi connectivity index (χ3n) is 13.1. The lowest BCUT2D eigenvalue weighted by Gasteiger charge is -2.30. The molecule has 2 aromatic heterocycles. The van der Waals surface area contributed by atoms with E-state index in [2.05, 4.69) is 219 Å². The molecule has 0 unspecified atom stereocenters. The first-order valence-corrected chi connectivity index (χ1v) is 22.5. The Morgan fingerprint density at radius 1 is 0.458 bits per heavy atom. The van der Waals surface area contributed by atoms with Gasteiger partial charge in [-0.1, -0.05) is 196 Å². The number of rotatable bonds is 5. The average molecular weight is 770 g/mol. The van der Waals surface area contributed by atoms with Gasteiger partial charge in [0.15, 0.2) is 5.82 Å². The van der Waals surface area contributed by atoms with E-state index in [0.29, 0.717) is 0 Å². The first-order valence-electron chi connectivity index (χ1n) is 20.5. The fraction of sp³-hybridized carbons (Fsp3) is 0.0545. The number of para-hydroxylation sites is 2. The molecular formula is C55H39N3Si. The summed E-state index contributed by atoms with van der Waals surface area (Å²) in [7, 11) is -2.94. The highest BCUT2D eigenvalue weighted by molar-refractivity contribution is 7.21. The lowest BCUT2D eigenvalue weighted by molar-refractivity contribution is 0.661. The first kappa shape index (κ1) is 33.9. The van der Waals surface area contributed by atoms with Crippen LogP contribution in [0.4, 0.5) is 0 Å². The topological polar surface area (TPSA) is 30.7 Å². The quantitative estimate of drug-likeness (QED) is 0.163. The standard InChI is InChI=1S/C55H39N3Si/c1-55(2)43-30-16-12-26-39(43)49-44(55)34-35-47-50(49)40-27-13-17-31-45(40)58(47)46-32-18-14-28-41(46)52-51-42-29-15-19-33-48(42)59(37-22-8-4-9-23-37,38-24-10-5-11-25-38)54(51)57-53(56-52)36-20-6-3-7-21-36/h3-35H,1-2H3. The molecule has 59 heavy (non-hydrogen) atoms. The van der Waals surface area contributed by atoms with Gasteiger partial charge in [-0.2, -0.15) is 0 Å². The van der Waals surface area contributed by atoms with E-state index in [-0.39, 0.29) is 5.41 Å². The maximum absolute atomic E-state index is 5.74. The summed E-state index contributed by atoms with van der Waals surface area (Å²) in [6.07, 6.45) is 0. The summed E-state index contributed by atoms with van der Waals surface area (Å²) in [6.45, 7) is 4.73. The highest BCUT2D eigenvalue weighted by Gasteiger charge is 2.51. The lowest BCUT2D eigenvalue weighted by atomic mass is 9.82. The molecule has 0 radical (unpaired) electrons. The second-order valence-corrected chi connectivity index (χ2v) is 20.1. The van der Waals surface area contributed by atoms with Crippen LogP contribution >= 0.6 is 0 Å². The fourth-order valence-electron chi connectivity index (χ4n) is 10.6. The van der Waals surface area contributed by atoms with Crippen molar-refractivity contribution < 1.29 is 0 Å². The normalized spacial score (nSPS) is 14.2. The van der Waals surface area contributed by atoms with Crippen LogP contribution in [-0.2, 0) is 5.41 Å². The van der Waals surface area contributed by atoms with Crippen LogP contribution in [0, 0.1) is 0 Å². The number of hydrogen-bond acceptors (Lipinski definition) is 2. The Morgan fingerprint density at radius 2 is 1.05 bits per heavy atom. The molecule has 0 fully saturated rings. The van der Waals surface area contributed by atoms with Crippen molar-refractivity contribution in [2.24, 2.45) is 0 Å². The van der Waals surface area contributed by atoms with Crippen LogP contribution in [0.5, 0.6) is 0 Å². The smallest absolute Gasteiger partial charge is 0.203 e. The summed E-state index contributed by atoms with van der Waals surface area (Å²) >= 11 is 0. The molecule has 3 heterocycles. The first-order chi connectivity index (χ1) is 29.1. The summed E-state index contributed by atoms with van der Waals surface area (Å²) in [5, 5.41) is 7.66. The van der Waals surface area contributed by atoms with Crippen LogP contribution in [-0.4, -0.2) is 22.6 Å². The van der Waals surface area contributed by atoms with Gasteiger partial charge >= 0.3 is 0 Å². The molecule has 4 heteroatoms. The molecule has 0 N–H and O–H groups in total. The molecule has 0 atom stereocenters. The Kier molecular flexibility index (Phi) is 7.29. The minimum atomic E-state index is -2.94. The molecule has 3 nitrogen and oxygen atoms in total. The molecule has 10 aromatic rings. The highest BCUT2D eigenvalue weighted by Crippen LogP contribution is 2.53. The van der Waals surface area contributed by atoms with Crippen molar-refractivity contribution >= 4 is 50.8 Å². The van der Waals surface area contributed by atoms with Crippen LogP contribution in [0.3, 0.4) is 0 Å². The molecule has 0 saturated heterocycles. The summed E-state index contributed by atoms with van der Waals surface area (Å²) in [6, 6.07) is 73.3. The minimum Gasteiger partial charge on any atom is -0.309 e. The Hall–Kier alpha value is -7.14. The highest BCUT2D eigenvalue weighted by atomic mass is 28.3. The van der Waals surface area contributed by atoms with Crippen molar-refractivity contribution in [1.29, 1.82) is 0 Å². The molecule has 0 saturated carbocycles. The monoisotopic (exact) mass is 769 g/mol. The van der Waals surface area contributed by atoms with Crippen molar-refractivity contribution in [1.82, 2.24) is 14.5 Å². The predicted molar refractivity (Wildman–Crippen MR) is 247 cm³/mol. The Bertz CT molecular complexity index is 3250. The average Bonchev–Trinajstić information content (AvgIpc) is 3.88. The number of aromatic nitrogens is 3. The van der Waals surface area contributed by atoms with Crippen molar-refractivity contribution in [3.05, 3.63) is 211 Å². The van der Waals surface area contributed by atoms with E-state index >= 15 is 0 Å². The van der Waals surface area contributed by atoms with E-state index in [1.165, 1.54) is 65.2 Å². The van der Waals surface area contributed by atoms with Gasteiger partial charge in [0.05, 0.1) is 27.7 Å². The zero-order valence-corrected chi connectivity index (χ0v) is 33.9. The van der Waals surface area contributed by atoms with E-state index in [0.717, 1.165) is 39.2 Å². The zero-order valence-electron chi connectivity index (χ0n) is 32.9. The molecule has 8 aromatic carbocycles. The Labute approximate surface area is 345 Å². The van der Waals surface area contributed by atoms with Crippen LogP contribution in [0.15, 0.2) is 200 Å². The van der Waals surface area contributed by atoms with Gasteiger partial charge in [0.2, 0.25) is 8.07 Å². The molecular weight excluding hydrogens is 731 g/mol. The van der Waals surface area contributed by atoms with E-state index in [4.69, 9.17) is 9.97 Å². The summed E-state index contributed by atoms with van der Waals surface area (Å²) in [4.78, 5) is 11.4. The summed E-state index contributed by atoms with van der Waals surface area (Å²) < 4.78 is 2.49. The number of hydrogen-bond donors (Lipinski definition) is 0. The minimum absolute atomic E-state index is 0.0993. The van der Waals surface area contributed by atoms with Crippen molar-refractivity contribution in [2.45, 2.75) is 19.3 Å². The predicted octanol–water partition coefficient (Wildman–Crippen LogP) is 10.6. The molecule has 1 aliphatic heterocycles. The lowest BCUT2D eigenvalue weighted by Crippen LogP contribution is -2.73. The molecule has 12 rings (SSSR count). The molecule has 1 aliphatic carbocycles. The largest absolute Gasteiger partial charge is 0.309 e. The van der Waals surface area contributed by atoms with Crippen LogP contribution < -0.4 is 20.9 Å². The molecule has 0 amide bonds. The summed E-state index contributed by atoms with van der Waals surface area (Å²) in [5.74, 6) is 0.740. The van der Waals surface area contributed by atoms with Crippen LogP contribution in [0.1, 0.15) is 25.0 Å². The van der Waals surface area contributed by atoms with Gasteiger partial charge in [-0.05, 0) is 61.6 Å². The van der Waals surface area contributed by atoms with Crippen LogP contribution in [0.2, 0.25) is 0 Å². The van der Waals surface area contributed by atoms with Gasteiger partial charge in [-0.15, -0.1) is 0 Å². The number of nitrogens with zero attached hydrogens (tertiary/aromatic N) is 3. The summed E-state index contributed by atoms with van der Waals surface area (Å²) in [5.41, 5.74) is 14.2. The number of fused-ring (bicyclic) bond motifs is 10. The maximum atomic E-state index is 5.74. The third-order valence-corrected chi connectivity index (χ3v) is 17.8. The Morgan fingerprint density at radius 3 is 1.80 bits per heavy atom. The van der Waals surface area contributed by atoms with E-state index in [9.17, 15) is 0 Å². The molecule has 0 spiro atoms. The SMILES string of the molecule is CC1(C)c2ccccc2-c2c1ccc1c2c2ccccc2n1-c1ccccc1-c1nc(-c2ccccc2)nc2c1-c1ccccc1[Si]2(c1ccccc1)c1ccccc1. The van der Waals surface area contributed by atoms with Gasteiger partial charge in [0.1, 0.15) is 0 Å². The van der Waals surface area contributed by atoms with Gasteiger partial charge < -0.3 is 4.57 Å². The van der Waals surface area contributed by atoms with Crippen molar-refractivity contribution in [3.63, 3.8) is 0 Å².